The summed E-state index contributed by atoms with van der Waals surface area (Å²) in [5, 5.41) is 0.552. The Kier molecular flexibility index (Phi) is 6.71. The summed E-state index contributed by atoms with van der Waals surface area (Å²) in [5.74, 6) is 0. The number of sulfone groups is 1. The van der Waals surface area contributed by atoms with E-state index in [1.54, 1.807) is 35.8 Å². The molecule has 0 saturated carbocycles. The molecule has 0 aliphatic heterocycles. The number of benzene rings is 3. The SMILES string of the molecule is C[C@H](NS(=O)(=O)c1ccc2c(c1)sc(=O)n2Cc1ccccc1Cl)c1ccc(S(C)(=O)=O)cc1. The van der Waals surface area contributed by atoms with E-state index >= 15 is 0 Å². The molecule has 178 valence electrons. The molecule has 0 unspecified atom stereocenters. The minimum absolute atomic E-state index is 0.0331. The van der Waals surface area contributed by atoms with Crippen LogP contribution in [0.5, 0.6) is 0 Å². The zero-order valence-corrected chi connectivity index (χ0v) is 21.4. The molecule has 0 amide bonds. The average molecular weight is 537 g/mol. The van der Waals surface area contributed by atoms with Gasteiger partial charge in [-0.15, -0.1) is 0 Å². The van der Waals surface area contributed by atoms with E-state index in [0.717, 1.165) is 23.2 Å². The lowest BCUT2D eigenvalue weighted by molar-refractivity contribution is 0.566. The first-order chi connectivity index (χ1) is 16.0. The van der Waals surface area contributed by atoms with Crippen LogP contribution in [-0.2, 0) is 26.4 Å². The highest BCUT2D eigenvalue weighted by molar-refractivity contribution is 7.90. The van der Waals surface area contributed by atoms with Gasteiger partial charge in [0, 0.05) is 17.3 Å². The van der Waals surface area contributed by atoms with Crippen LogP contribution < -0.4 is 9.60 Å². The summed E-state index contributed by atoms with van der Waals surface area (Å²) in [5.41, 5.74) is 2.03. The lowest BCUT2D eigenvalue weighted by Crippen LogP contribution is -2.26. The standard InChI is InChI=1S/C23H21ClN2O5S3/c1-15(16-7-9-18(10-8-16)33(2,28)29)25-34(30,31)19-11-12-21-22(13-19)32-23(27)26(21)14-17-5-3-4-6-20(17)24/h3-13,15,25H,14H2,1-2H3/t15-/m0/s1. The average Bonchev–Trinajstić information content (AvgIpc) is 3.09. The van der Waals surface area contributed by atoms with Gasteiger partial charge >= 0.3 is 4.87 Å². The molecule has 7 nitrogen and oxygen atoms in total. The Labute approximate surface area is 206 Å². The first-order valence-corrected chi connectivity index (χ1v) is 14.7. The van der Waals surface area contributed by atoms with Gasteiger partial charge in [0.05, 0.1) is 26.6 Å². The van der Waals surface area contributed by atoms with Crippen molar-refractivity contribution in [3.63, 3.8) is 0 Å². The van der Waals surface area contributed by atoms with E-state index in [9.17, 15) is 21.6 Å². The van der Waals surface area contributed by atoms with Crippen molar-refractivity contribution in [1.82, 2.24) is 9.29 Å². The van der Waals surface area contributed by atoms with Gasteiger partial charge < -0.3 is 0 Å². The molecule has 1 heterocycles. The van der Waals surface area contributed by atoms with Gasteiger partial charge in [0.15, 0.2) is 9.84 Å². The lowest BCUT2D eigenvalue weighted by Gasteiger charge is -2.15. The molecule has 0 fully saturated rings. The molecular formula is C23H21ClN2O5S3. The monoisotopic (exact) mass is 536 g/mol. The third-order valence-corrected chi connectivity index (χ3v) is 9.35. The molecule has 0 aliphatic rings. The molecule has 0 radical (unpaired) electrons. The summed E-state index contributed by atoms with van der Waals surface area (Å²) in [6.07, 6.45) is 1.11. The minimum Gasteiger partial charge on any atom is -0.294 e. The van der Waals surface area contributed by atoms with Gasteiger partial charge in [-0.3, -0.25) is 9.36 Å². The fourth-order valence-electron chi connectivity index (χ4n) is 3.53. The number of fused-ring (bicyclic) bond motifs is 1. The largest absolute Gasteiger partial charge is 0.308 e. The summed E-state index contributed by atoms with van der Waals surface area (Å²) in [4.78, 5) is 12.6. The molecule has 1 aromatic heterocycles. The maximum absolute atomic E-state index is 13.0. The second-order valence-corrected chi connectivity index (χ2v) is 13.0. The summed E-state index contributed by atoms with van der Waals surface area (Å²) in [6.45, 7) is 1.95. The number of sulfonamides is 1. The summed E-state index contributed by atoms with van der Waals surface area (Å²) >= 11 is 7.20. The van der Waals surface area contributed by atoms with E-state index in [-0.39, 0.29) is 21.2 Å². The van der Waals surface area contributed by atoms with E-state index in [0.29, 0.717) is 20.8 Å². The number of thiazole rings is 1. The smallest absolute Gasteiger partial charge is 0.294 e. The van der Waals surface area contributed by atoms with Crippen LogP contribution in [0.4, 0.5) is 0 Å². The van der Waals surface area contributed by atoms with E-state index < -0.39 is 25.9 Å². The van der Waals surface area contributed by atoms with E-state index in [1.165, 1.54) is 24.3 Å². The second kappa shape index (κ2) is 9.27. The molecule has 4 aromatic rings. The van der Waals surface area contributed by atoms with E-state index in [1.807, 2.05) is 18.2 Å². The third kappa shape index (κ3) is 5.11. The highest BCUT2D eigenvalue weighted by Crippen LogP contribution is 2.25. The van der Waals surface area contributed by atoms with Crippen molar-refractivity contribution in [3.8, 4) is 0 Å². The third-order valence-electron chi connectivity index (χ3n) is 5.38. The van der Waals surface area contributed by atoms with Crippen LogP contribution in [0.2, 0.25) is 5.02 Å². The van der Waals surface area contributed by atoms with Crippen LogP contribution in [0.3, 0.4) is 0 Å². The van der Waals surface area contributed by atoms with Crippen molar-refractivity contribution in [1.29, 1.82) is 0 Å². The van der Waals surface area contributed by atoms with Gasteiger partial charge in [0.2, 0.25) is 10.0 Å². The van der Waals surface area contributed by atoms with Crippen LogP contribution in [0.25, 0.3) is 10.2 Å². The Balaban J connectivity index is 1.60. The number of aromatic nitrogens is 1. The molecule has 0 saturated heterocycles. The Hall–Kier alpha value is -2.50. The van der Waals surface area contributed by atoms with Crippen molar-refractivity contribution in [2.24, 2.45) is 0 Å². The van der Waals surface area contributed by atoms with Gasteiger partial charge in [-0.25, -0.2) is 21.6 Å². The highest BCUT2D eigenvalue weighted by atomic mass is 35.5. The molecule has 34 heavy (non-hydrogen) atoms. The van der Waals surface area contributed by atoms with Crippen LogP contribution in [0, 0.1) is 0 Å². The van der Waals surface area contributed by atoms with Gasteiger partial charge in [0.25, 0.3) is 0 Å². The van der Waals surface area contributed by atoms with Gasteiger partial charge in [-0.05, 0) is 54.4 Å². The first-order valence-electron chi connectivity index (χ1n) is 10.1. The van der Waals surface area contributed by atoms with Crippen molar-refractivity contribution < 1.29 is 16.8 Å². The predicted molar refractivity (Wildman–Crippen MR) is 135 cm³/mol. The fourth-order valence-corrected chi connectivity index (χ4v) is 6.62. The number of halogens is 1. The zero-order valence-electron chi connectivity index (χ0n) is 18.2. The molecule has 4 rings (SSSR count). The molecule has 3 aromatic carbocycles. The molecule has 0 spiro atoms. The number of rotatable bonds is 7. The van der Waals surface area contributed by atoms with Crippen molar-refractivity contribution in [2.75, 3.05) is 6.26 Å². The fraction of sp³-hybridized carbons (Fsp3) is 0.174. The Morgan fingerprint density at radius 3 is 2.26 bits per heavy atom. The topological polar surface area (TPSA) is 102 Å². The van der Waals surface area contributed by atoms with Gasteiger partial charge in [-0.2, -0.15) is 0 Å². The van der Waals surface area contributed by atoms with E-state index in [2.05, 4.69) is 4.72 Å². The minimum atomic E-state index is -3.90. The summed E-state index contributed by atoms with van der Waals surface area (Å²) in [6, 6.07) is 17.2. The normalized spacial score (nSPS) is 13.3. The Morgan fingerprint density at radius 1 is 0.971 bits per heavy atom. The van der Waals surface area contributed by atoms with E-state index in [4.69, 9.17) is 11.6 Å². The number of nitrogens with one attached hydrogen (secondary N) is 1. The van der Waals surface area contributed by atoms with Crippen LogP contribution in [-0.4, -0.2) is 27.7 Å². The molecule has 0 bridgehead atoms. The van der Waals surface area contributed by atoms with Crippen LogP contribution in [0.15, 0.2) is 81.3 Å². The molecular weight excluding hydrogens is 516 g/mol. The number of nitrogens with zero attached hydrogens (tertiary/aromatic N) is 1. The first kappa shape index (κ1) is 24.6. The zero-order chi connectivity index (χ0) is 24.7. The Morgan fingerprint density at radius 2 is 1.62 bits per heavy atom. The second-order valence-electron chi connectivity index (χ2n) is 7.86. The molecule has 11 heteroatoms. The van der Waals surface area contributed by atoms with Crippen molar-refractivity contribution in [3.05, 3.63) is 92.5 Å². The summed E-state index contributed by atoms with van der Waals surface area (Å²) < 4.78 is 54.0. The number of hydrogen-bond acceptors (Lipinski definition) is 6. The predicted octanol–water partition coefficient (Wildman–Crippen LogP) is 4.21. The quantitative estimate of drug-likeness (QED) is 0.381. The highest BCUT2D eigenvalue weighted by Gasteiger charge is 2.21. The molecule has 1 atom stereocenters. The lowest BCUT2D eigenvalue weighted by atomic mass is 10.1. The number of hydrogen-bond donors (Lipinski definition) is 1. The van der Waals surface area contributed by atoms with Crippen molar-refractivity contribution in [2.45, 2.75) is 29.3 Å². The molecule has 1 N–H and O–H groups in total. The van der Waals surface area contributed by atoms with Crippen LogP contribution >= 0.6 is 22.9 Å². The Bertz CT molecular complexity index is 1640. The summed E-state index contributed by atoms with van der Waals surface area (Å²) in [7, 11) is -7.24. The molecule has 0 aliphatic carbocycles. The maximum Gasteiger partial charge on any atom is 0.308 e. The van der Waals surface area contributed by atoms with Gasteiger partial charge in [0.1, 0.15) is 0 Å². The van der Waals surface area contributed by atoms with Crippen molar-refractivity contribution >= 4 is 53.0 Å². The van der Waals surface area contributed by atoms with Gasteiger partial charge in [-0.1, -0.05) is 53.3 Å². The maximum atomic E-state index is 13.0. The van der Waals surface area contributed by atoms with Crippen LogP contribution in [0.1, 0.15) is 24.1 Å².